The molecular weight excluding hydrogens is 423 g/mol. The molecule has 2 aromatic rings. The van der Waals surface area contributed by atoms with E-state index in [9.17, 15) is 17.6 Å². The van der Waals surface area contributed by atoms with Gasteiger partial charge in [-0.25, -0.2) is 17.5 Å². The van der Waals surface area contributed by atoms with Gasteiger partial charge in [0.15, 0.2) is 11.6 Å². The topological polar surface area (TPSA) is 93.7 Å². The minimum Gasteiger partial charge on any atom is -0.488 e. The molecule has 9 heteroatoms. The van der Waals surface area contributed by atoms with Crippen LogP contribution in [0, 0.1) is 5.82 Å². The molecular formula is C22H29FN2O5S. The number of methoxy groups -OCH3 is 1. The van der Waals surface area contributed by atoms with Crippen molar-refractivity contribution in [2.24, 2.45) is 0 Å². The van der Waals surface area contributed by atoms with Gasteiger partial charge in [-0.3, -0.25) is 4.79 Å². The largest absolute Gasteiger partial charge is 0.488 e. The van der Waals surface area contributed by atoms with Gasteiger partial charge < -0.3 is 14.8 Å². The van der Waals surface area contributed by atoms with Crippen molar-refractivity contribution >= 4 is 21.6 Å². The lowest BCUT2D eigenvalue weighted by Crippen LogP contribution is -2.28. The Hall–Kier alpha value is -2.49. The summed E-state index contributed by atoms with van der Waals surface area (Å²) in [4.78, 5) is 12.2. The predicted octanol–water partition coefficient (Wildman–Crippen LogP) is 3.46. The van der Waals surface area contributed by atoms with Crippen LogP contribution in [0.1, 0.15) is 32.8 Å². The molecule has 0 aliphatic heterocycles. The van der Waals surface area contributed by atoms with Crippen LogP contribution < -0.4 is 14.8 Å². The maximum Gasteiger partial charge on any atom is 0.240 e. The number of benzene rings is 2. The first-order chi connectivity index (χ1) is 14.5. The zero-order valence-electron chi connectivity index (χ0n) is 18.2. The van der Waals surface area contributed by atoms with E-state index in [1.165, 1.54) is 19.2 Å². The molecule has 0 aromatic heterocycles. The lowest BCUT2D eigenvalue weighted by molar-refractivity contribution is -0.116. The van der Waals surface area contributed by atoms with Crippen molar-refractivity contribution in [1.82, 2.24) is 4.72 Å². The number of halogens is 1. The second-order valence-electron chi connectivity index (χ2n) is 7.96. The van der Waals surface area contributed by atoms with Crippen molar-refractivity contribution < 1.29 is 27.1 Å². The monoisotopic (exact) mass is 452 g/mol. The van der Waals surface area contributed by atoms with Gasteiger partial charge in [0.2, 0.25) is 15.9 Å². The molecule has 0 saturated heterocycles. The number of ether oxygens (including phenoxy) is 2. The van der Waals surface area contributed by atoms with Crippen LogP contribution in [-0.2, 0) is 25.0 Å². The molecule has 2 rings (SSSR count). The second-order valence-corrected chi connectivity index (χ2v) is 9.72. The quantitative estimate of drug-likeness (QED) is 0.539. The highest BCUT2D eigenvalue weighted by Crippen LogP contribution is 2.23. The van der Waals surface area contributed by atoms with Crippen LogP contribution >= 0.6 is 0 Å². The summed E-state index contributed by atoms with van der Waals surface area (Å²) < 4.78 is 51.3. The van der Waals surface area contributed by atoms with E-state index in [2.05, 4.69) is 10.0 Å². The van der Waals surface area contributed by atoms with E-state index in [1.54, 1.807) is 24.3 Å². The third-order valence-corrected chi connectivity index (χ3v) is 5.91. The van der Waals surface area contributed by atoms with E-state index in [4.69, 9.17) is 9.47 Å². The fraction of sp³-hybridized carbons (Fsp3) is 0.409. The van der Waals surface area contributed by atoms with Crippen LogP contribution in [0.5, 0.6) is 5.75 Å². The Kier molecular flexibility index (Phi) is 8.55. The van der Waals surface area contributed by atoms with Crippen LogP contribution in [-0.4, -0.2) is 41.2 Å². The van der Waals surface area contributed by atoms with Gasteiger partial charge in [-0.05, 0) is 35.2 Å². The SMILES string of the molecule is COCCOc1ccc(NC(=O)CCNS(=O)(=O)c2ccc(C(C)(C)C)cc2)cc1F. The average molecular weight is 453 g/mol. The summed E-state index contributed by atoms with van der Waals surface area (Å²) in [6.07, 6.45) is -0.104. The molecule has 0 atom stereocenters. The van der Waals surface area contributed by atoms with Gasteiger partial charge in [0.1, 0.15) is 6.61 Å². The van der Waals surface area contributed by atoms with Crippen molar-refractivity contribution in [2.45, 2.75) is 37.5 Å². The fourth-order valence-electron chi connectivity index (χ4n) is 2.67. The van der Waals surface area contributed by atoms with Crippen LogP contribution in [0.3, 0.4) is 0 Å². The van der Waals surface area contributed by atoms with E-state index in [-0.39, 0.29) is 41.3 Å². The van der Waals surface area contributed by atoms with Gasteiger partial charge in [-0.2, -0.15) is 0 Å². The summed E-state index contributed by atoms with van der Waals surface area (Å²) in [5.41, 5.74) is 1.19. The first kappa shape index (κ1) is 24.8. The molecule has 0 saturated carbocycles. The molecule has 0 radical (unpaired) electrons. The van der Waals surface area contributed by atoms with E-state index in [0.717, 1.165) is 11.6 Å². The number of sulfonamides is 1. The van der Waals surface area contributed by atoms with Gasteiger partial charge in [-0.1, -0.05) is 32.9 Å². The van der Waals surface area contributed by atoms with Gasteiger partial charge in [-0.15, -0.1) is 0 Å². The maximum atomic E-state index is 14.0. The number of hydrogen-bond donors (Lipinski definition) is 2. The predicted molar refractivity (Wildman–Crippen MR) is 117 cm³/mol. The first-order valence-electron chi connectivity index (χ1n) is 9.84. The van der Waals surface area contributed by atoms with Gasteiger partial charge >= 0.3 is 0 Å². The molecule has 170 valence electrons. The maximum absolute atomic E-state index is 14.0. The Morgan fingerprint density at radius 2 is 1.74 bits per heavy atom. The highest BCUT2D eigenvalue weighted by Gasteiger charge is 2.18. The number of anilines is 1. The Balaban J connectivity index is 1.86. The number of amides is 1. The molecule has 0 aliphatic rings. The lowest BCUT2D eigenvalue weighted by atomic mass is 9.87. The molecule has 0 aliphatic carbocycles. The van der Waals surface area contributed by atoms with E-state index < -0.39 is 21.7 Å². The molecule has 2 N–H and O–H groups in total. The lowest BCUT2D eigenvalue weighted by Gasteiger charge is -2.19. The first-order valence-corrected chi connectivity index (χ1v) is 11.3. The molecule has 0 bridgehead atoms. The molecule has 31 heavy (non-hydrogen) atoms. The number of rotatable bonds is 10. The second kappa shape index (κ2) is 10.7. The minimum atomic E-state index is -3.73. The standard InChI is InChI=1S/C22H29FN2O5S/c1-22(2,3)16-5-8-18(9-6-16)31(27,28)24-12-11-21(26)25-17-7-10-20(19(23)15-17)30-14-13-29-4/h5-10,15,24H,11-14H2,1-4H3,(H,25,26). The number of carbonyl (C=O) groups is 1. The Morgan fingerprint density at radius 1 is 1.06 bits per heavy atom. The van der Waals surface area contributed by atoms with Gasteiger partial charge in [0.25, 0.3) is 0 Å². The van der Waals surface area contributed by atoms with Crippen molar-refractivity contribution in [3.05, 3.63) is 53.8 Å². The molecule has 2 aromatic carbocycles. The van der Waals surface area contributed by atoms with Crippen molar-refractivity contribution in [2.75, 3.05) is 32.2 Å². The van der Waals surface area contributed by atoms with Crippen LogP contribution in [0.25, 0.3) is 0 Å². The van der Waals surface area contributed by atoms with Gasteiger partial charge in [0, 0.05) is 31.8 Å². The molecule has 0 spiro atoms. The van der Waals surface area contributed by atoms with Gasteiger partial charge in [0.05, 0.1) is 11.5 Å². The fourth-order valence-corrected chi connectivity index (χ4v) is 3.70. The number of carbonyl (C=O) groups excluding carboxylic acids is 1. The van der Waals surface area contributed by atoms with E-state index >= 15 is 0 Å². The Bertz CT molecular complexity index is 986. The zero-order valence-corrected chi connectivity index (χ0v) is 19.0. The summed E-state index contributed by atoms with van der Waals surface area (Å²) in [7, 11) is -2.22. The molecule has 0 fully saturated rings. The highest BCUT2D eigenvalue weighted by atomic mass is 32.2. The number of nitrogens with one attached hydrogen (secondary N) is 2. The third-order valence-electron chi connectivity index (χ3n) is 4.44. The highest BCUT2D eigenvalue weighted by molar-refractivity contribution is 7.89. The van der Waals surface area contributed by atoms with Crippen molar-refractivity contribution in [1.29, 1.82) is 0 Å². The van der Waals surface area contributed by atoms with E-state index in [1.807, 2.05) is 20.8 Å². The summed E-state index contributed by atoms with van der Waals surface area (Å²) in [5.74, 6) is -1.01. The summed E-state index contributed by atoms with van der Waals surface area (Å²) in [5, 5.41) is 2.53. The van der Waals surface area contributed by atoms with E-state index in [0.29, 0.717) is 6.61 Å². The Labute approximate surface area is 183 Å². The van der Waals surface area contributed by atoms with Crippen molar-refractivity contribution in [3.8, 4) is 5.75 Å². The average Bonchev–Trinajstić information content (AvgIpc) is 2.69. The molecule has 1 amide bonds. The smallest absolute Gasteiger partial charge is 0.240 e. The van der Waals surface area contributed by atoms with Crippen molar-refractivity contribution in [3.63, 3.8) is 0 Å². The summed E-state index contributed by atoms with van der Waals surface area (Å²) in [6, 6.07) is 10.7. The molecule has 0 heterocycles. The van der Waals surface area contributed by atoms with Crippen LogP contribution in [0.15, 0.2) is 47.4 Å². The summed E-state index contributed by atoms with van der Waals surface area (Å²) in [6.45, 7) is 6.58. The number of hydrogen-bond acceptors (Lipinski definition) is 5. The third kappa shape index (κ3) is 7.61. The molecule has 0 unspecified atom stereocenters. The molecule has 7 nitrogen and oxygen atoms in total. The normalized spacial score (nSPS) is 11.9. The summed E-state index contributed by atoms with van der Waals surface area (Å²) >= 11 is 0. The minimum absolute atomic E-state index is 0.0558. The van der Waals surface area contributed by atoms with Crippen LogP contribution in [0.2, 0.25) is 0 Å². The van der Waals surface area contributed by atoms with Crippen LogP contribution in [0.4, 0.5) is 10.1 Å². The Morgan fingerprint density at radius 3 is 2.32 bits per heavy atom. The zero-order chi connectivity index (χ0) is 23.1.